The van der Waals surface area contributed by atoms with E-state index < -0.39 is 6.04 Å². The van der Waals surface area contributed by atoms with Crippen LogP contribution < -0.4 is 5.73 Å². The van der Waals surface area contributed by atoms with E-state index in [2.05, 4.69) is 14.8 Å². The van der Waals surface area contributed by atoms with Crippen molar-refractivity contribution in [2.75, 3.05) is 19.1 Å². The summed E-state index contributed by atoms with van der Waals surface area (Å²) in [6, 6.07) is -0.418. The largest absolute Gasteiger partial charge is 0.337 e. The van der Waals surface area contributed by atoms with Gasteiger partial charge < -0.3 is 15.2 Å². The molecule has 0 aliphatic carbocycles. The van der Waals surface area contributed by atoms with Gasteiger partial charge in [-0.15, -0.1) is 10.2 Å². The minimum atomic E-state index is -0.418. The van der Waals surface area contributed by atoms with E-state index in [1.807, 2.05) is 6.26 Å². The third-order valence-corrected chi connectivity index (χ3v) is 4.04. The van der Waals surface area contributed by atoms with Crippen molar-refractivity contribution >= 4 is 17.7 Å². The van der Waals surface area contributed by atoms with E-state index in [-0.39, 0.29) is 5.91 Å². The van der Waals surface area contributed by atoms with Gasteiger partial charge in [0.2, 0.25) is 5.91 Å². The Morgan fingerprint density at radius 1 is 1.58 bits per heavy atom. The number of thioether (sulfide) groups is 1. The van der Waals surface area contributed by atoms with E-state index in [1.54, 1.807) is 23.7 Å². The molecule has 1 amide bonds. The minimum Gasteiger partial charge on any atom is -0.337 e. The van der Waals surface area contributed by atoms with Crippen molar-refractivity contribution in [2.24, 2.45) is 5.73 Å². The van der Waals surface area contributed by atoms with Crippen molar-refractivity contribution in [3.8, 4) is 0 Å². The molecule has 0 fully saturated rings. The molecular formula is C12H21N5OS. The molecule has 1 aliphatic rings. The van der Waals surface area contributed by atoms with Gasteiger partial charge in [0.05, 0.1) is 12.6 Å². The van der Waals surface area contributed by atoms with Crippen molar-refractivity contribution in [1.29, 1.82) is 0 Å². The summed E-state index contributed by atoms with van der Waals surface area (Å²) < 4.78 is 2.11. The molecule has 0 bridgehead atoms. The highest BCUT2D eigenvalue weighted by atomic mass is 32.2. The van der Waals surface area contributed by atoms with Gasteiger partial charge in [-0.25, -0.2) is 0 Å². The number of aryl methyl sites for hydroxylation is 1. The number of nitrogens with zero attached hydrogens (tertiary/aromatic N) is 4. The summed E-state index contributed by atoms with van der Waals surface area (Å²) in [5.74, 6) is 2.77. The predicted molar refractivity (Wildman–Crippen MR) is 75.8 cm³/mol. The van der Waals surface area contributed by atoms with E-state index in [0.717, 1.165) is 36.8 Å². The lowest BCUT2D eigenvalue weighted by Gasteiger charge is -2.20. The Labute approximate surface area is 117 Å². The van der Waals surface area contributed by atoms with Crippen LogP contribution in [0, 0.1) is 0 Å². The summed E-state index contributed by atoms with van der Waals surface area (Å²) in [6.45, 7) is 1.44. The zero-order valence-corrected chi connectivity index (χ0v) is 12.3. The van der Waals surface area contributed by atoms with Gasteiger partial charge in [0.1, 0.15) is 5.82 Å². The highest BCUT2D eigenvalue weighted by Gasteiger charge is 2.22. The van der Waals surface area contributed by atoms with Crippen LogP contribution in [0.25, 0.3) is 0 Å². The van der Waals surface area contributed by atoms with Crippen LogP contribution in [0.15, 0.2) is 0 Å². The monoisotopic (exact) mass is 283 g/mol. The summed E-state index contributed by atoms with van der Waals surface area (Å²) >= 11 is 1.70. The Hall–Kier alpha value is -1.08. The molecular weight excluding hydrogens is 262 g/mol. The average molecular weight is 283 g/mol. The lowest BCUT2D eigenvalue weighted by Crippen LogP contribution is -2.42. The Morgan fingerprint density at radius 3 is 3.11 bits per heavy atom. The Balaban J connectivity index is 1.93. The first kappa shape index (κ1) is 14.3. The first-order valence-electron chi connectivity index (χ1n) is 6.54. The maximum absolute atomic E-state index is 12.1. The number of carbonyl (C=O) groups excluding carboxylic acids is 1. The molecule has 0 unspecified atom stereocenters. The summed E-state index contributed by atoms with van der Waals surface area (Å²) in [5.41, 5.74) is 5.90. The number of aromatic nitrogens is 3. The number of hydrogen-bond acceptors (Lipinski definition) is 5. The van der Waals surface area contributed by atoms with Gasteiger partial charge >= 0.3 is 0 Å². The lowest BCUT2D eigenvalue weighted by atomic mass is 10.2. The van der Waals surface area contributed by atoms with E-state index in [1.165, 1.54) is 0 Å². The first-order chi connectivity index (χ1) is 9.13. The van der Waals surface area contributed by atoms with Crippen LogP contribution in [0.1, 0.15) is 24.5 Å². The number of likely N-dealkylation sites (N-methyl/N-ethyl adjacent to an activating group) is 1. The number of carbonyl (C=O) groups is 1. The molecule has 7 heteroatoms. The van der Waals surface area contributed by atoms with Crippen molar-refractivity contribution in [3.63, 3.8) is 0 Å². The fourth-order valence-electron chi connectivity index (χ4n) is 2.27. The molecule has 0 spiro atoms. The van der Waals surface area contributed by atoms with Crippen molar-refractivity contribution in [1.82, 2.24) is 19.7 Å². The molecule has 1 aromatic heterocycles. The highest BCUT2D eigenvalue weighted by Crippen LogP contribution is 2.15. The predicted octanol–water partition coefficient (Wildman–Crippen LogP) is 0.263. The fourth-order valence-corrected chi connectivity index (χ4v) is 2.76. The highest BCUT2D eigenvalue weighted by molar-refractivity contribution is 7.98. The van der Waals surface area contributed by atoms with Crippen LogP contribution >= 0.6 is 11.8 Å². The molecule has 2 rings (SSSR count). The summed E-state index contributed by atoms with van der Waals surface area (Å²) in [7, 11) is 1.78. The van der Waals surface area contributed by atoms with Crippen LogP contribution in [0.5, 0.6) is 0 Å². The molecule has 19 heavy (non-hydrogen) atoms. The molecule has 2 N–H and O–H groups in total. The Kier molecular flexibility index (Phi) is 4.81. The molecule has 1 aliphatic heterocycles. The van der Waals surface area contributed by atoms with Crippen LogP contribution in [0.3, 0.4) is 0 Å². The van der Waals surface area contributed by atoms with E-state index in [9.17, 15) is 4.79 Å². The van der Waals surface area contributed by atoms with E-state index >= 15 is 0 Å². The number of fused-ring (bicyclic) bond motifs is 1. The third-order valence-electron chi connectivity index (χ3n) is 3.39. The van der Waals surface area contributed by atoms with Crippen LogP contribution in [-0.4, -0.2) is 50.7 Å². The van der Waals surface area contributed by atoms with Crippen LogP contribution in [0.4, 0.5) is 0 Å². The molecule has 2 heterocycles. The van der Waals surface area contributed by atoms with Crippen molar-refractivity contribution in [3.05, 3.63) is 11.6 Å². The maximum Gasteiger partial charge on any atom is 0.239 e. The summed E-state index contributed by atoms with van der Waals surface area (Å²) in [5, 5.41) is 8.30. The Bertz CT molecular complexity index is 447. The quantitative estimate of drug-likeness (QED) is 0.810. The van der Waals surface area contributed by atoms with Crippen LogP contribution in [0.2, 0.25) is 0 Å². The molecule has 1 aromatic rings. The molecule has 1 atom stereocenters. The average Bonchev–Trinajstić information content (AvgIpc) is 2.99. The minimum absolute atomic E-state index is 0.0237. The van der Waals surface area contributed by atoms with Gasteiger partial charge in [-0.3, -0.25) is 4.79 Å². The molecule has 0 saturated heterocycles. The number of nitrogens with two attached hydrogens (primary N) is 1. The summed E-state index contributed by atoms with van der Waals surface area (Å²) in [6.07, 6.45) is 4.82. The van der Waals surface area contributed by atoms with Crippen LogP contribution in [-0.2, 0) is 24.3 Å². The third kappa shape index (κ3) is 3.27. The molecule has 0 aromatic carbocycles. The summed E-state index contributed by atoms with van der Waals surface area (Å²) in [4.78, 5) is 13.8. The van der Waals surface area contributed by atoms with E-state index in [4.69, 9.17) is 5.73 Å². The van der Waals surface area contributed by atoms with Gasteiger partial charge in [-0.05, 0) is 24.9 Å². The Morgan fingerprint density at radius 2 is 2.37 bits per heavy atom. The normalized spacial score (nSPS) is 15.3. The van der Waals surface area contributed by atoms with Gasteiger partial charge in [0, 0.05) is 20.0 Å². The zero-order chi connectivity index (χ0) is 13.8. The zero-order valence-electron chi connectivity index (χ0n) is 11.5. The number of amides is 1. The fraction of sp³-hybridized carbons (Fsp3) is 0.750. The maximum atomic E-state index is 12.1. The molecule has 0 radical (unpaired) electrons. The molecule has 106 valence electrons. The second-order valence-corrected chi connectivity index (χ2v) is 5.86. The first-order valence-corrected chi connectivity index (χ1v) is 7.93. The molecule has 6 nitrogen and oxygen atoms in total. The van der Waals surface area contributed by atoms with Crippen molar-refractivity contribution < 1.29 is 4.79 Å². The van der Waals surface area contributed by atoms with Crippen molar-refractivity contribution in [2.45, 2.75) is 38.4 Å². The van der Waals surface area contributed by atoms with Gasteiger partial charge in [-0.1, -0.05) is 0 Å². The lowest BCUT2D eigenvalue weighted by molar-refractivity contribution is -0.131. The number of hydrogen-bond donors (Lipinski definition) is 1. The topological polar surface area (TPSA) is 77.0 Å². The second-order valence-electron chi connectivity index (χ2n) is 4.87. The van der Waals surface area contributed by atoms with Gasteiger partial charge in [-0.2, -0.15) is 11.8 Å². The smallest absolute Gasteiger partial charge is 0.239 e. The second kappa shape index (κ2) is 6.38. The van der Waals surface area contributed by atoms with Gasteiger partial charge in [0.15, 0.2) is 5.82 Å². The SMILES string of the molecule is CSCC[C@@H](N)C(=O)N(C)Cc1nnc2n1CCC2. The standard InChI is InChI=1S/C12H21N5OS/c1-16(12(18)9(13)5-7-19-2)8-11-15-14-10-4-3-6-17(10)11/h9H,3-8,13H2,1-2H3/t9-/m1/s1. The number of rotatable bonds is 6. The molecule has 0 saturated carbocycles. The van der Waals surface area contributed by atoms with E-state index in [0.29, 0.717) is 13.0 Å². The van der Waals surface area contributed by atoms with Gasteiger partial charge in [0.25, 0.3) is 0 Å².